The van der Waals surface area contributed by atoms with E-state index in [1.165, 1.54) is 4.90 Å². The van der Waals surface area contributed by atoms with Gasteiger partial charge in [0.2, 0.25) is 5.91 Å². The van der Waals surface area contributed by atoms with Crippen LogP contribution in [-0.2, 0) is 11.3 Å². The van der Waals surface area contributed by atoms with Crippen LogP contribution in [0.3, 0.4) is 0 Å². The van der Waals surface area contributed by atoms with Crippen LogP contribution in [0.4, 0.5) is 4.79 Å². The van der Waals surface area contributed by atoms with Crippen molar-refractivity contribution >= 4 is 11.9 Å². The molecule has 19 heavy (non-hydrogen) atoms. The topological polar surface area (TPSA) is 79.3 Å². The number of carbonyl (C=O) groups excluding carboxylic acids is 2. The summed E-state index contributed by atoms with van der Waals surface area (Å²) >= 11 is 0. The molecule has 1 unspecified atom stereocenters. The molecule has 1 aromatic heterocycles. The summed E-state index contributed by atoms with van der Waals surface area (Å²) < 4.78 is 1.91. The number of amides is 3. The molecule has 0 saturated heterocycles. The summed E-state index contributed by atoms with van der Waals surface area (Å²) in [6, 6.07) is -0.254. The zero-order valence-corrected chi connectivity index (χ0v) is 11.6. The Morgan fingerprint density at radius 1 is 1.42 bits per heavy atom. The van der Waals surface area contributed by atoms with Crippen molar-refractivity contribution in [2.75, 3.05) is 20.6 Å². The van der Waals surface area contributed by atoms with Gasteiger partial charge < -0.3 is 20.1 Å². The molecule has 0 aromatic carbocycles. The van der Waals surface area contributed by atoms with Crippen LogP contribution in [0.15, 0.2) is 18.7 Å². The standard InChI is InChI=1S/C12H21N5O2/c1-4-10(8-17-6-5-13-9-17)15-11(18)7-14-12(19)16(2)3/h5-6,9-10H,4,7-8H2,1-3H3,(H,14,19)(H,15,18). The molecule has 0 aliphatic carbocycles. The highest BCUT2D eigenvalue weighted by Crippen LogP contribution is 1.96. The highest BCUT2D eigenvalue weighted by atomic mass is 16.2. The number of rotatable bonds is 6. The zero-order chi connectivity index (χ0) is 14.3. The summed E-state index contributed by atoms with van der Waals surface area (Å²) in [5, 5.41) is 5.40. The van der Waals surface area contributed by atoms with E-state index in [1.807, 2.05) is 17.7 Å². The van der Waals surface area contributed by atoms with Crippen LogP contribution >= 0.6 is 0 Å². The predicted octanol–water partition coefficient (Wildman–Crippen LogP) is 0.0491. The maximum absolute atomic E-state index is 11.7. The first-order valence-corrected chi connectivity index (χ1v) is 6.23. The Morgan fingerprint density at radius 3 is 2.68 bits per heavy atom. The number of carbonyl (C=O) groups is 2. The van der Waals surface area contributed by atoms with Gasteiger partial charge in [-0.25, -0.2) is 9.78 Å². The Bertz CT molecular complexity index is 402. The number of urea groups is 1. The molecule has 1 aromatic rings. The first-order chi connectivity index (χ1) is 9.02. The van der Waals surface area contributed by atoms with Crippen LogP contribution in [0.25, 0.3) is 0 Å². The molecule has 1 rings (SSSR count). The van der Waals surface area contributed by atoms with Gasteiger partial charge in [0, 0.05) is 39.1 Å². The molecule has 106 valence electrons. The number of nitrogens with one attached hydrogen (secondary N) is 2. The van der Waals surface area contributed by atoms with Crippen molar-refractivity contribution in [2.45, 2.75) is 25.9 Å². The molecule has 7 nitrogen and oxygen atoms in total. The van der Waals surface area contributed by atoms with Crippen molar-refractivity contribution in [3.8, 4) is 0 Å². The fourth-order valence-electron chi connectivity index (χ4n) is 1.52. The summed E-state index contributed by atoms with van der Waals surface area (Å²) in [7, 11) is 3.25. The third-order valence-electron chi connectivity index (χ3n) is 2.65. The van der Waals surface area contributed by atoms with Gasteiger partial charge in [0.25, 0.3) is 0 Å². The van der Waals surface area contributed by atoms with Crippen molar-refractivity contribution in [3.63, 3.8) is 0 Å². The smallest absolute Gasteiger partial charge is 0.317 e. The highest BCUT2D eigenvalue weighted by Gasteiger charge is 2.12. The molecule has 0 bridgehead atoms. The first kappa shape index (κ1) is 15.0. The van der Waals surface area contributed by atoms with Gasteiger partial charge in [-0.1, -0.05) is 6.92 Å². The van der Waals surface area contributed by atoms with Crippen molar-refractivity contribution in [1.82, 2.24) is 25.1 Å². The fourth-order valence-corrected chi connectivity index (χ4v) is 1.52. The van der Waals surface area contributed by atoms with E-state index in [1.54, 1.807) is 26.6 Å². The minimum Gasteiger partial charge on any atom is -0.350 e. The maximum Gasteiger partial charge on any atom is 0.317 e. The number of hydrogen-bond acceptors (Lipinski definition) is 3. The predicted molar refractivity (Wildman–Crippen MR) is 71.5 cm³/mol. The molecule has 1 atom stereocenters. The number of nitrogens with zero attached hydrogens (tertiary/aromatic N) is 3. The van der Waals surface area contributed by atoms with E-state index in [-0.39, 0.29) is 24.5 Å². The molecular formula is C12H21N5O2. The number of imidazole rings is 1. The molecule has 0 saturated carbocycles. The Hall–Kier alpha value is -2.05. The van der Waals surface area contributed by atoms with E-state index in [9.17, 15) is 9.59 Å². The van der Waals surface area contributed by atoms with Gasteiger partial charge in [0.1, 0.15) is 0 Å². The summed E-state index contributed by atoms with van der Waals surface area (Å²) in [5.74, 6) is -0.192. The van der Waals surface area contributed by atoms with E-state index < -0.39 is 0 Å². The molecular weight excluding hydrogens is 246 g/mol. The average molecular weight is 267 g/mol. The monoisotopic (exact) mass is 267 g/mol. The van der Waals surface area contributed by atoms with Gasteiger partial charge in [0.05, 0.1) is 12.9 Å². The largest absolute Gasteiger partial charge is 0.350 e. The Labute approximate surface area is 113 Å². The second-order valence-corrected chi connectivity index (χ2v) is 4.49. The van der Waals surface area contributed by atoms with Gasteiger partial charge in [-0.15, -0.1) is 0 Å². The summed E-state index contributed by atoms with van der Waals surface area (Å²) in [6.07, 6.45) is 6.07. The van der Waals surface area contributed by atoms with E-state index in [0.29, 0.717) is 6.54 Å². The van der Waals surface area contributed by atoms with E-state index in [0.717, 1.165) is 6.42 Å². The van der Waals surface area contributed by atoms with E-state index >= 15 is 0 Å². The molecule has 0 fully saturated rings. The Kier molecular flexibility index (Phi) is 5.84. The van der Waals surface area contributed by atoms with Crippen molar-refractivity contribution in [1.29, 1.82) is 0 Å². The minimum atomic E-state index is -0.280. The molecule has 0 aliphatic heterocycles. The lowest BCUT2D eigenvalue weighted by Crippen LogP contribution is -2.45. The van der Waals surface area contributed by atoms with Crippen LogP contribution in [0.2, 0.25) is 0 Å². The van der Waals surface area contributed by atoms with Crippen molar-refractivity contribution < 1.29 is 9.59 Å². The lowest BCUT2D eigenvalue weighted by molar-refractivity contribution is -0.120. The first-order valence-electron chi connectivity index (χ1n) is 6.23. The van der Waals surface area contributed by atoms with Crippen molar-refractivity contribution in [2.24, 2.45) is 0 Å². The lowest BCUT2D eigenvalue weighted by Gasteiger charge is -2.18. The van der Waals surface area contributed by atoms with Crippen molar-refractivity contribution in [3.05, 3.63) is 18.7 Å². The number of hydrogen-bond donors (Lipinski definition) is 2. The van der Waals surface area contributed by atoms with Gasteiger partial charge in [-0.2, -0.15) is 0 Å². The Balaban J connectivity index is 2.34. The molecule has 2 N–H and O–H groups in total. The second kappa shape index (κ2) is 7.40. The van der Waals surface area contributed by atoms with Gasteiger partial charge in [-0.3, -0.25) is 4.79 Å². The summed E-state index contributed by atoms with van der Waals surface area (Å²) in [5.41, 5.74) is 0. The maximum atomic E-state index is 11.7. The second-order valence-electron chi connectivity index (χ2n) is 4.49. The highest BCUT2D eigenvalue weighted by molar-refractivity contribution is 5.83. The molecule has 3 amide bonds. The normalized spacial score (nSPS) is 11.7. The Morgan fingerprint density at radius 2 is 2.16 bits per heavy atom. The molecule has 1 heterocycles. The fraction of sp³-hybridized carbons (Fsp3) is 0.583. The minimum absolute atomic E-state index is 0.0164. The van der Waals surface area contributed by atoms with Gasteiger partial charge in [0.15, 0.2) is 0 Å². The third kappa shape index (κ3) is 5.41. The number of aromatic nitrogens is 2. The summed E-state index contributed by atoms with van der Waals surface area (Å²) in [6.45, 7) is 2.65. The van der Waals surface area contributed by atoms with Gasteiger partial charge >= 0.3 is 6.03 Å². The SMILES string of the molecule is CCC(Cn1ccnc1)NC(=O)CNC(=O)N(C)C. The van der Waals surface area contributed by atoms with Gasteiger partial charge in [-0.05, 0) is 6.42 Å². The third-order valence-corrected chi connectivity index (χ3v) is 2.65. The van der Waals surface area contributed by atoms with E-state index in [4.69, 9.17) is 0 Å². The molecule has 0 aliphatic rings. The summed E-state index contributed by atoms with van der Waals surface area (Å²) in [4.78, 5) is 28.3. The van der Waals surface area contributed by atoms with Crippen LogP contribution in [0.5, 0.6) is 0 Å². The van der Waals surface area contributed by atoms with E-state index in [2.05, 4.69) is 15.6 Å². The zero-order valence-electron chi connectivity index (χ0n) is 11.6. The molecule has 7 heteroatoms. The van der Waals surface area contributed by atoms with Crippen LogP contribution in [0.1, 0.15) is 13.3 Å². The lowest BCUT2D eigenvalue weighted by atomic mass is 10.2. The van der Waals surface area contributed by atoms with Crippen LogP contribution in [-0.4, -0.2) is 53.1 Å². The molecule has 0 spiro atoms. The quantitative estimate of drug-likeness (QED) is 0.764. The molecule has 0 radical (unpaired) electrons. The average Bonchev–Trinajstić information content (AvgIpc) is 2.87. The van der Waals surface area contributed by atoms with Crippen LogP contribution in [0, 0.1) is 0 Å². The van der Waals surface area contributed by atoms with Crippen LogP contribution < -0.4 is 10.6 Å².